The largest absolute Gasteiger partial charge is 0.454 e. The second kappa shape index (κ2) is 2.40. The van der Waals surface area contributed by atoms with Crippen LogP contribution in [0.5, 0.6) is 0 Å². The Bertz CT molecular complexity index is 216. The summed E-state index contributed by atoms with van der Waals surface area (Å²) in [5.41, 5.74) is 0. The molecule has 6 nitrogen and oxygen atoms in total. The molecule has 3 N–H and O–H groups in total. The number of hydrogen-bond acceptors (Lipinski definition) is 6. The first-order chi connectivity index (χ1) is 5.61. The first-order valence-corrected chi connectivity index (χ1v) is 3.51. The molecule has 6 heteroatoms. The van der Waals surface area contributed by atoms with Crippen molar-refractivity contribution in [2.24, 2.45) is 0 Å². The fourth-order valence-electron chi connectivity index (χ4n) is 1.40. The van der Waals surface area contributed by atoms with Crippen LogP contribution in [-0.4, -0.2) is 52.0 Å². The molecule has 0 bridgehead atoms. The minimum Gasteiger partial charge on any atom is -0.454 e. The molecule has 5 atom stereocenters. The zero-order chi connectivity index (χ0) is 8.88. The number of esters is 1. The Balaban J connectivity index is 2.19. The van der Waals surface area contributed by atoms with Crippen LogP contribution >= 0.6 is 0 Å². The average molecular weight is 176 g/mol. The van der Waals surface area contributed by atoms with Crippen LogP contribution in [0.1, 0.15) is 0 Å². The third kappa shape index (κ3) is 0.862. The van der Waals surface area contributed by atoms with Crippen LogP contribution in [0.4, 0.5) is 0 Å². The normalized spacial score (nSPS) is 52.2. The van der Waals surface area contributed by atoms with Crippen LogP contribution in [0.2, 0.25) is 0 Å². The molecule has 2 aliphatic rings. The molecule has 0 aromatic heterocycles. The van der Waals surface area contributed by atoms with Crippen molar-refractivity contribution in [1.82, 2.24) is 0 Å². The van der Waals surface area contributed by atoms with E-state index in [9.17, 15) is 4.79 Å². The summed E-state index contributed by atoms with van der Waals surface area (Å²) in [4.78, 5) is 10.7. The van der Waals surface area contributed by atoms with E-state index in [4.69, 9.17) is 15.3 Å². The number of carbonyl (C=O) groups is 1. The minimum atomic E-state index is -1.40. The van der Waals surface area contributed by atoms with E-state index in [1.54, 1.807) is 0 Å². The highest BCUT2D eigenvalue weighted by atomic mass is 16.7. The lowest BCUT2D eigenvalue weighted by molar-refractivity contribution is -0.168. The Morgan fingerprint density at radius 3 is 2.42 bits per heavy atom. The van der Waals surface area contributed by atoms with Gasteiger partial charge in [0.15, 0.2) is 18.5 Å². The van der Waals surface area contributed by atoms with E-state index in [-0.39, 0.29) is 0 Å². The molecule has 0 aromatic carbocycles. The first kappa shape index (κ1) is 7.93. The molecule has 2 aliphatic heterocycles. The van der Waals surface area contributed by atoms with Gasteiger partial charge in [-0.3, -0.25) is 0 Å². The maximum atomic E-state index is 10.7. The fraction of sp³-hybridized carbons (Fsp3) is 0.833. The molecule has 0 unspecified atom stereocenters. The van der Waals surface area contributed by atoms with Crippen LogP contribution in [-0.2, 0) is 14.3 Å². The highest BCUT2D eigenvalue weighted by Crippen LogP contribution is 2.30. The van der Waals surface area contributed by atoms with E-state index in [1.165, 1.54) is 0 Å². The van der Waals surface area contributed by atoms with Gasteiger partial charge in [0, 0.05) is 0 Å². The number of ether oxygens (including phenoxy) is 2. The number of fused-ring (bicyclic) bond motifs is 1. The van der Waals surface area contributed by atoms with Crippen molar-refractivity contribution in [3.63, 3.8) is 0 Å². The van der Waals surface area contributed by atoms with E-state index < -0.39 is 36.7 Å². The maximum absolute atomic E-state index is 10.7. The van der Waals surface area contributed by atoms with Gasteiger partial charge in [0.1, 0.15) is 12.2 Å². The summed E-state index contributed by atoms with van der Waals surface area (Å²) in [6.07, 6.45) is -5.94. The lowest BCUT2D eigenvalue weighted by Gasteiger charge is -2.10. The monoisotopic (exact) mass is 176 g/mol. The maximum Gasteiger partial charge on any atom is 0.338 e. The van der Waals surface area contributed by atoms with Gasteiger partial charge < -0.3 is 24.8 Å². The molecule has 0 aliphatic carbocycles. The van der Waals surface area contributed by atoms with E-state index in [0.29, 0.717) is 0 Å². The standard InChI is InChI=1S/C6H8O6/c7-1-3-4(12-5(1)9)2(8)6(10)11-3/h1-5,7-9H/t1-,2-,3-,4-,5+/m1/s1. The van der Waals surface area contributed by atoms with Crippen LogP contribution in [0.15, 0.2) is 0 Å². The molecule has 2 saturated heterocycles. The summed E-state index contributed by atoms with van der Waals surface area (Å²) in [5, 5.41) is 27.2. The molecule has 0 spiro atoms. The first-order valence-electron chi connectivity index (χ1n) is 3.51. The molecule has 0 radical (unpaired) electrons. The van der Waals surface area contributed by atoms with Crippen molar-refractivity contribution in [3.05, 3.63) is 0 Å². The summed E-state index contributed by atoms with van der Waals surface area (Å²) in [5.74, 6) is -0.823. The van der Waals surface area contributed by atoms with Crippen LogP contribution in [0, 0.1) is 0 Å². The van der Waals surface area contributed by atoms with Gasteiger partial charge in [0.25, 0.3) is 0 Å². The molecule has 12 heavy (non-hydrogen) atoms. The Morgan fingerprint density at radius 2 is 1.83 bits per heavy atom. The Hall–Kier alpha value is -0.690. The zero-order valence-electron chi connectivity index (χ0n) is 5.95. The van der Waals surface area contributed by atoms with Crippen LogP contribution < -0.4 is 0 Å². The molecule has 0 aromatic rings. The van der Waals surface area contributed by atoms with Gasteiger partial charge in [-0.25, -0.2) is 4.79 Å². The molecule has 2 heterocycles. The van der Waals surface area contributed by atoms with E-state index in [2.05, 4.69) is 9.47 Å². The topological polar surface area (TPSA) is 96.2 Å². The van der Waals surface area contributed by atoms with Crippen LogP contribution in [0.3, 0.4) is 0 Å². The smallest absolute Gasteiger partial charge is 0.338 e. The Labute approximate surface area is 67.3 Å². The summed E-state index contributed by atoms with van der Waals surface area (Å²) < 4.78 is 9.25. The van der Waals surface area contributed by atoms with Crippen molar-refractivity contribution in [2.45, 2.75) is 30.7 Å². The van der Waals surface area contributed by atoms with Crippen molar-refractivity contribution in [2.75, 3.05) is 0 Å². The third-order valence-corrected chi connectivity index (χ3v) is 2.05. The van der Waals surface area contributed by atoms with Crippen molar-refractivity contribution >= 4 is 5.97 Å². The summed E-state index contributed by atoms with van der Waals surface area (Å²) in [6, 6.07) is 0. The van der Waals surface area contributed by atoms with Gasteiger partial charge in [-0.1, -0.05) is 0 Å². The zero-order valence-corrected chi connectivity index (χ0v) is 5.95. The quantitative estimate of drug-likeness (QED) is 0.349. The van der Waals surface area contributed by atoms with Crippen molar-refractivity contribution in [1.29, 1.82) is 0 Å². The Morgan fingerprint density at radius 1 is 1.17 bits per heavy atom. The second-order valence-corrected chi connectivity index (χ2v) is 2.83. The summed E-state index contributed by atoms with van der Waals surface area (Å²) >= 11 is 0. The van der Waals surface area contributed by atoms with Gasteiger partial charge >= 0.3 is 5.97 Å². The minimum absolute atomic E-state index is 0.823. The highest BCUT2D eigenvalue weighted by molar-refractivity contribution is 5.78. The highest BCUT2D eigenvalue weighted by Gasteiger charge is 2.56. The fourth-order valence-corrected chi connectivity index (χ4v) is 1.40. The molecular formula is C6H8O6. The lowest BCUT2D eigenvalue weighted by atomic mass is 10.1. The molecular weight excluding hydrogens is 168 g/mol. The second-order valence-electron chi connectivity index (χ2n) is 2.83. The van der Waals surface area contributed by atoms with E-state index >= 15 is 0 Å². The number of aliphatic hydroxyl groups excluding tert-OH is 3. The van der Waals surface area contributed by atoms with Crippen molar-refractivity contribution in [3.8, 4) is 0 Å². The lowest BCUT2D eigenvalue weighted by Crippen LogP contribution is -2.32. The number of hydrogen-bond donors (Lipinski definition) is 3. The van der Waals surface area contributed by atoms with E-state index in [0.717, 1.165) is 0 Å². The molecule has 2 rings (SSSR count). The van der Waals surface area contributed by atoms with Crippen LogP contribution in [0.25, 0.3) is 0 Å². The summed E-state index contributed by atoms with van der Waals surface area (Å²) in [7, 11) is 0. The number of carbonyl (C=O) groups excluding carboxylic acids is 1. The predicted molar refractivity (Wildman–Crippen MR) is 32.8 cm³/mol. The van der Waals surface area contributed by atoms with Gasteiger partial charge in [0.05, 0.1) is 0 Å². The van der Waals surface area contributed by atoms with Gasteiger partial charge in [-0.2, -0.15) is 0 Å². The predicted octanol–water partition coefficient (Wildman–Crippen LogP) is -2.65. The average Bonchev–Trinajstić information content (AvgIpc) is 2.43. The molecule has 68 valence electrons. The SMILES string of the molecule is O=C1O[C@@H]2[C@@H](O)[C@@H](O)O[C@@H]2[C@H]1O. The van der Waals surface area contributed by atoms with Gasteiger partial charge in [0.2, 0.25) is 0 Å². The molecule has 0 saturated carbocycles. The van der Waals surface area contributed by atoms with Crippen molar-refractivity contribution < 1.29 is 29.6 Å². The van der Waals surface area contributed by atoms with E-state index in [1.807, 2.05) is 0 Å². The summed E-state index contributed by atoms with van der Waals surface area (Å²) in [6.45, 7) is 0. The number of rotatable bonds is 0. The number of aliphatic hydroxyl groups is 3. The van der Waals surface area contributed by atoms with Gasteiger partial charge in [-0.15, -0.1) is 0 Å². The Kier molecular flexibility index (Phi) is 1.58. The third-order valence-electron chi connectivity index (χ3n) is 2.05. The van der Waals surface area contributed by atoms with Gasteiger partial charge in [-0.05, 0) is 0 Å². The molecule has 2 fully saturated rings. The molecule has 0 amide bonds.